The van der Waals surface area contributed by atoms with Crippen molar-refractivity contribution >= 4 is 39.9 Å². The van der Waals surface area contributed by atoms with Gasteiger partial charge in [0, 0.05) is 16.6 Å². The van der Waals surface area contributed by atoms with Gasteiger partial charge in [0.15, 0.2) is 0 Å². The van der Waals surface area contributed by atoms with Crippen LogP contribution in [-0.4, -0.2) is 32.9 Å². The van der Waals surface area contributed by atoms with Crippen molar-refractivity contribution in [2.75, 3.05) is 4.90 Å². The molecule has 0 saturated heterocycles. The molecule has 1 atom stereocenters. The number of fused-ring (bicyclic) bond motifs is 1. The molecular weight excluding hydrogens is 446 g/mol. The van der Waals surface area contributed by atoms with E-state index in [0.717, 1.165) is 47.2 Å². The van der Waals surface area contributed by atoms with Crippen LogP contribution in [0.4, 0.5) is 5.69 Å². The van der Waals surface area contributed by atoms with E-state index >= 15 is 0 Å². The minimum atomic E-state index is -0.759. The average Bonchev–Trinajstić information content (AvgIpc) is 3.61. The molecule has 1 fully saturated rings. The number of hydrogen-bond acceptors (Lipinski definition) is 5. The van der Waals surface area contributed by atoms with Crippen molar-refractivity contribution in [3.05, 3.63) is 76.5 Å². The molecule has 34 heavy (non-hydrogen) atoms. The van der Waals surface area contributed by atoms with Crippen molar-refractivity contribution in [3.8, 4) is 0 Å². The minimum Gasteiger partial charge on any atom is -0.351 e. The summed E-state index contributed by atoms with van der Waals surface area (Å²) in [6.07, 6.45) is 4.20. The molecule has 1 N–H and O–H groups in total. The van der Waals surface area contributed by atoms with Crippen LogP contribution in [0.25, 0.3) is 11.0 Å². The molecule has 0 radical (unpaired) electrons. The van der Waals surface area contributed by atoms with Crippen LogP contribution in [0.3, 0.4) is 0 Å². The zero-order valence-corrected chi connectivity index (χ0v) is 19.9. The van der Waals surface area contributed by atoms with Crippen LogP contribution >= 0.6 is 11.3 Å². The zero-order chi connectivity index (χ0) is 23.5. The molecule has 8 heteroatoms. The number of aryl methyl sites for hydroxylation is 1. The van der Waals surface area contributed by atoms with Crippen molar-refractivity contribution < 1.29 is 9.59 Å². The fraction of sp³-hybridized carbons (Fsp3) is 0.308. The second kappa shape index (κ2) is 9.77. The highest BCUT2D eigenvalue weighted by Gasteiger charge is 2.35. The molecule has 0 unspecified atom stereocenters. The second-order valence-electron chi connectivity index (χ2n) is 8.74. The van der Waals surface area contributed by atoms with Gasteiger partial charge < -0.3 is 5.32 Å². The molecule has 1 aliphatic rings. The lowest BCUT2D eigenvalue weighted by Crippen LogP contribution is -2.47. The summed E-state index contributed by atoms with van der Waals surface area (Å²) in [5.74, 6) is -0.369. The zero-order valence-electron chi connectivity index (χ0n) is 19.1. The SMILES string of the molecule is Cc1ccc(N(C(=O)Cn2nnc3ccccc32)[C@@H](C(=O)NC2CCCC2)c2cccs2)cc1. The van der Waals surface area contributed by atoms with Gasteiger partial charge in [-0.25, -0.2) is 4.68 Å². The van der Waals surface area contributed by atoms with Gasteiger partial charge in [-0.3, -0.25) is 14.5 Å². The molecule has 2 heterocycles. The number of carbonyl (C=O) groups excluding carboxylic acids is 2. The molecule has 7 nitrogen and oxygen atoms in total. The largest absolute Gasteiger partial charge is 0.351 e. The second-order valence-corrected chi connectivity index (χ2v) is 9.72. The standard InChI is InChI=1S/C26H27N5O2S/c1-18-12-14-20(15-13-18)31(24(32)17-30-22-10-5-4-9-21(22)28-29-30)25(23-11-6-16-34-23)26(33)27-19-7-2-3-8-19/h4-6,9-16,19,25H,2-3,7-8,17H2,1H3,(H,27,33)/t25-/m1/s1. The fourth-order valence-electron chi connectivity index (χ4n) is 4.55. The molecule has 5 rings (SSSR count). The molecule has 0 spiro atoms. The summed E-state index contributed by atoms with van der Waals surface area (Å²) in [6.45, 7) is 1.98. The van der Waals surface area contributed by atoms with Crippen LogP contribution in [0.15, 0.2) is 66.0 Å². The maximum absolute atomic E-state index is 13.9. The molecule has 2 amide bonds. The third-order valence-electron chi connectivity index (χ3n) is 6.31. The number of hydrogen-bond donors (Lipinski definition) is 1. The lowest BCUT2D eigenvalue weighted by Gasteiger charge is -2.31. The van der Waals surface area contributed by atoms with Gasteiger partial charge in [0.1, 0.15) is 18.1 Å². The number of amides is 2. The smallest absolute Gasteiger partial charge is 0.249 e. The molecule has 0 bridgehead atoms. The predicted octanol–water partition coefficient (Wildman–Crippen LogP) is 4.63. The molecule has 2 aromatic carbocycles. The van der Waals surface area contributed by atoms with Crippen molar-refractivity contribution in [1.82, 2.24) is 20.3 Å². The summed E-state index contributed by atoms with van der Waals surface area (Å²) in [5, 5.41) is 13.5. The van der Waals surface area contributed by atoms with Gasteiger partial charge in [0.05, 0.1) is 5.52 Å². The first-order chi connectivity index (χ1) is 16.6. The van der Waals surface area contributed by atoms with Gasteiger partial charge in [0.2, 0.25) is 11.8 Å². The van der Waals surface area contributed by atoms with E-state index < -0.39 is 6.04 Å². The van der Waals surface area contributed by atoms with E-state index in [1.54, 1.807) is 9.58 Å². The molecular formula is C26H27N5O2S. The molecule has 1 aliphatic carbocycles. The summed E-state index contributed by atoms with van der Waals surface area (Å²) in [4.78, 5) is 30.0. The first-order valence-corrected chi connectivity index (χ1v) is 12.5. The Hall–Kier alpha value is -3.52. The van der Waals surface area contributed by atoms with E-state index in [0.29, 0.717) is 5.69 Å². The summed E-state index contributed by atoms with van der Waals surface area (Å²) in [6, 6.07) is 18.5. The maximum Gasteiger partial charge on any atom is 0.249 e. The molecule has 0 aliphatic heterocycles. The predicted molar refractivity (Wildman–Crippen MR) is 134 cm³/mol. The van der Waals surface area contributed by atoms with Crippen molar-refractivity contribution in [2.24, 2.45) is 0 Å². The van der Waals surface area contributed by atoms with Crippen LogP contribution < -0.4 is 10.2 Å². The average molecular weight is 474 g/mol. The Morgan fingerprint density at radius 2 is 1.85 bits per heavy atom. The first kappa shape index (κ1) is 22.3. The number of benzene rings is 2. The van der Waals surface area contributed by atoms with Gasteiger partial charge in [-0.2, -0.15) is 0 Å². The normalized spacial score (nSPS) is 14.9. The monoisotopic (exact) mass is 473 g/mol. The number of anilines is 1. The summed E-state index contributed by atoms with van der Waals surface area (Å²) >= 11 is 1.48. The Balaban J connectivity index is 1.53. The number of thiophene rings is 1. The summed E-state index contributed by atoms with van der Waals surface area (Å²) in [7, 11) is 0. The van der Waals surface area contributed by atoms with Crippen molar-refractivity contribution in [2.45, 2.75) is 51.2 Å². The Bertz CT molecular complexity index is 1280. The highest BCUT2D eigenvalue weighted by molar-refractivity contribution is 7.10. The Morgan fingerprint density at radius 3 is 2.59 bits per heavy atom. The highest BCUT2D eigenvalue weighted by atomic mass is 32.1. The third-order valence-corrected chi connectivity index (χ3v) is 7.23. The number of rotatable bonds is 7. The van der Waals surface area contributed by atoms with E-state index in [4.69, 9.17) is 0 Å². The lowest BCUT2D eigenvalue weighted by atomic mass is 10.1. The fourth-order valence-corrected chi connectivity index (χ4v) is 5.36. The van der Waals surface area contributed by atoms with Gasteiger partial charge in [0.25, 0.3) is 0 Å². The van der Waals surface area contributed by atoms with E-state index in [9.17, 15) is 9.59 Å². The number of nitrogens with zero attached hydrogens (tertiary/aromatic N) is 4. The van der Waals surface area contributed by atoms with E-state index in [-0.39, 0.29) is 24.4 Å². The van der Waals surface area contributed by atoms with Crippen LogP contribution in [-0.2, 0) is 16.1 Å². The van der Waals surface area contributed by atoms with Crippen LogP contribution in [0.2, 0.25) is 0 Å². The topological polar surface area (TPSA) is 80.1 Å². The Labute approximate surface area is 202 Å². The minimum absolute atomic E-state index is 0.0209. The quantitative estimate of drug-likeness (QED) is 0.424. The molecule has 174 valence electrons. The lowest BCUT2D eigenvalue weighted by molar-refractivity contribution is -0.127. The van der Waals surface area contributed by atoms with Crippen LogP contribution in [0.5, 0.6) is 0 Å². The first-order valence-electron chi connectivity index (χ1n) is 11.6. The van der Waals surface area contributed by atoms with E-state index in [2.05, 4.69) is 15.6 Å². The Morgan fingerprint density at radius 1 is 1.09 bits per heavy atom. The molecule has 1 saturated carbocycles. The summed E-state index contributed by atoms with van der Waals surface area (Å²) < 4.78 is 1.60. The number of para-hydroxylation sites is 1. The van der Waals surface area contributed by atoms with E-state index in [1.807, 2.05) is 73.0 Å². The van der Waals surface area contributed by atoms with Crippen molar-refractivity contribution in [1.29, 1.82) is 0 Å². The third kappa shape index (κ3) is 4.59. The van der Waals surface area contributed by atoms with Gasteiger partial charge in [-0.05, 0) is 55.5 Å². The maximum atomic E-state index is 13.9. The van der Waals surface area contributed by atoms with Gasteiger partial charge >= 0.3 is 0 Å². The Kier molecular flexibility index (Phi) is 6.40. The van der Waals surface area contributed by atoms with Gasteiger partial charge in [-0.15, -0.1) is 16.4 Å². The van der Waals surface area contributed by atoms with E-state index in [1.165, 1.54) is 11.3 Å². The van der Waals surface area contributed by atoms with Crippen molar-refractivity contribution in [3.63, 3.8) is 0 Å². The van der Waals surface area contributed by atoms with Crippen LogP contribution in [0.1, 0.15) is 42.2 Å². The number of carbonyl (C=O) groups is 2. The van der Waals surface area contributed by atoms with Gasteiger partial charge in [-0.1, -0.05) is 54.0 Å². The summed E-state index contributed by atoms with van der Waals surface area (Å²) in [5.41, 5.74) is 3.27. The van der Waals surface area contributed by atoms with Crippen LogP contribution in [0, 0.1) is 6.92 Å². The molecule has 2 aromatic heterocycles. The molecule has 4 aromatic rings. The number of aromatic nitrogens is 3. The number of nitrogens with one attached hydrogen (secondary N) is 1. The highest BCUT2D eigenvalue weighted by Crippen LogP contribution is 2.32.